The van der Waals surface area contributed by atoms with E-state index < -0.39 is 0 Å². The largest absolute Gasteiger partial charge is 0.354 e. The number of carbonyl (C=O) groups is 3. The average molecular weight is 391 g/mol. The van der Waals surface area contributed by atoms with Gasteiger partial charge in [0.15, 0.2) is 0 Å². The van der Waals surface area contributed by atoms with Crippen molar-refractivity contribution < 1.29 is 14.4 Å². The Bertz CT molecular complexity index is 712. The first kappa shape index (κ1) is 19.7. The Labute approximate surface area is 163 Å². The summed E-state index contributed by atoms with van der Waals surface area (Å²) in [7, 11) is 0. The number of nitrogens with one attached hydrogen (secondary N) is 1. The number of fused-ring (bicyclic) bond motifs is 1. The van der Waals surface area contributed by atoms with E-state index in [2.05, 4.69) is 5.32 Å². The zero-order valence-electron chi connectivity index (χ0n) is 15.4. The summed E-state index contributed by atoms with van der Waals surface area (Å²) in [6, 6.07) is 7.64. The van der Waals surface area contributed by atoms with E-state index in [1.165, 1.54) is 11.8 Å². The molecule has 0 spiro atoms. The number of nitrogens with two attached hydrogens (primary N) is 1. The first-order valence-electron chi connectivity index (χ1n) is 9.38. The van der Waals surface area contributed by atoms with Gasteiger partial charge in [0, 0.05) is 37.0 Å². The molecular weight excluding hydrogens is 364 g/mol. The van der Waals surface area contributed by atoms with E-state index in [1.54, 1.807) is 4.90 Å². The normalized spacial score (nSPS) is 19.6. The minimum Gasteiger partial charge on any atom is -0.354 e. The molecule has 1 fully saturated rings. The molecule has 2 aliphatic rings. The fourth-order valence-corrected chi connectivity index (χ4v) is 4.48. The minimum absolute atomic E-state index is 0.0301. The first-order chi connectivity index (χ1) is 13.1. The van der Waals surface area contributed by atoms with E-state index in [0.29, 0.717) is 25.4 Å². The summed E-state index contributed by atoms with van der Waals surface area (Å²) in [5, 5.41) is 2.87. The van der Waals surface area contributed by atoms with Crippen molar-refractivity contribution in [3.63, 3.8) is 0 Å². The van der Waals surface area contributed by atoms with Crippen molar-refractivity contribution in [1.29, 1.82) is 0 Å². The summed E-state index contributed by atoms with van der Waals surface area (Å²) in [6.07, 6.45) is 3.12. The number of benzene rings is 1. The average Bonchev–Trinajstić information content (AvgIpc) is 2.69. The van der Waals surface area contributed by atoms with Gasteiger partial charge < -0.3 is 20.9 Å². The molecule has 3 N–H and O–H groups in total. The molecule has 7 nitrogen and oxygen atoms in total. The van der Waals surface area contributed by atoms with Crippen molar-refractivity contribution in [2.45, 2.75) is 36.6 Å². The van der Waals surface area contributed by atoms with Crippen LogP contribution in [0, 0.1) is 0 Å². The Morgan fingerprint density at radius 3 is 2.89 bits per heavy atom. The van der Waals surface area contributed by atoms with Crippen LogP contribution in [0.25, 0.3) is 0 Å². The van der Waals surface area contributed by atoms with Crippen molar-refractivity contribution in [2.24, 2.45) is 5.73 Å². The number of carbonyl (C=O) groups excluding carboxylic acids is 3. The second-order valence-corrected chi connectivity index (χ2v) is 7.83. The monoisotopic (exact) mass is 390 g/mol. The smallest absolute Gasteiger partial charge is 0.242 e. The highest BCUT2D eigenvalue weighted by molar-refractivity contribution is 8.00. The van der Waals surface area contributed by atoms with Gasteiger partial charge in [0.1, 0.15) is 6.54 Å². The Hall–Kier alpha value is -2.06. The molecule has 1 atom stereocenters. The maximum absolute atomic E-state index is 13.0. The summed E-state index contributed by atoms with van der Waals surface area (Å²) < 4.78 is 0. The summed E-state index contributed by atoms with van der Waals surface area (Å²) in [5.74, 6) is 0.149. The van der Waals surface area contributed by atoms with Crippen LogP contribution < -0.4 is 16.0 Å². The Morgan fingerprint density at radius 2 is 2.07 bits per heavy atom. The number of thioether (sulfide) groups is 1. The predicted octanol–water partition coefficient (Wildman–Crippen LogP) is 0.971. The standard InChI is InChI=1S/C19H26N4O3S/c20-9-8-17(24)21-11-14-5-3-4-10-22(14)18(25)12-23-15-6-1-2-7-16(15)27-13-19(23)26/h1-2,6-7,14H,3-5,8-13,20H2,(H,21,24). The molecule has 2 aliphatic heterocycles. The molecular formula is C19H26N4O3S. The molecule has 0 saturated carbocycles. The van der Waals surface area contributed by atoms with E-state index in [-0.39, 0.29) is 36.7 Å². The van der Waals surface area contributed by atoms with Gasteiger partial charge in [-0.15, -0.1) is 11.8 Å². The topological polar surface area (TPSA) is 95.7 Å². The third-order valence-corrected chi connectivity index (χ3v) is 6.00. The van der Waals surface area contributed by atoms with Crippen LogP contribution >= 0.6 is 11.8 Å². The SMILES string of the molecule is NCCC(=O)NCC1CCCCN1C(=O)CN1C(=O)CSc2ccccc21. The Morgan fingerprint density at radius 1 is 1.26 bits per heavy atom. The van der Waals surface area contributed by atoms with Gasteiger partial charge in [-0.1, -0.05) is 12.1 Å². The molecule has 0 aromatic heterocycles. The maximum Gasteiger partial charge on any atom is 0.242 e. The number of anilines is 1. The lowest BCUT2D eigenvalue weighted by atomic mass is 10.0. The van der Waals surface area contributed by atoms with E-state index in [0.717, 1.165) is 29.8 Å². The number of piperidine rings is 1. The quantitative estimate of drug-likeness (QED) is 0.755. The van der Waals surface area contributed by atoms with Gasteiger partial charge in [0.05, 0.1) is 11.4 Å². The fourth-order valence-electron chi connectivity index (χ4n) is 3.55. The highest BCUT2D eigenvalue weighted by Gasteiger charge is 2.31. The second kappa shape index (κ2) is 9.23. The van der Waals surface area contributed by atoms with Gasteiger partial charge in [-0.05, 0) is 31.4 Å². The fraction of sp³-hybridized carbons (Fsp3) is 0.526. The van der Waals surface area contributed by atoms with Crippen LogP contribution in [0.15, 0.2) is 29.2 Å². The van der Waals surface area contributed by atoms with Crippen molar-refractivity contribution in [3.8, 4) is 0 Å². The molecule has 146 valence electrons. The molecule has 2 heterocycles. The van der Waals surface area contributed by atoms with E-state index in [1.807, 2.05) is 29.2 Å². The molecule has 1 aromatic carbocycles. The molecule has 3 rings (SSSR count). The molecule has 0 radical (unpaired) electrons. The summed E-state index contributed by atoms with van der Waals surface area (Å²) in [4.78, 5) is 41.5. The number of likely N-dealkylation sites (tertiary alicyclic amines) is 1. The molecule has 3 amide bonds. The van der Waals surface area contributed by atoms with Gasteiger partial charge in [0.2, 0.25) is 17.7 Å². The first-order valence-corrected chi connectivity index (χ1v) is 10.4. The summed E-state index contributed by atoms with van der Waals surface area (Å²) in [5.41, 5.74) is 6.21. The van der Waals surface area contributed by atoms with Crippen LogP contribution in [0.3, 0.4) is 0 Å². The van der Waals surface area contributed by atoms with E-state index in [4.69, 9.17) is 5.73 Å². The lowest BCUT2D eigenvalue weighted by Crippen LogP contribution is -2.53. The zero-order chi connectivity index (χ0) is 19.2. The molecule has 8 heteroatoms. The van der Waals surface area contributed by atoms with Crippen molar-refractivity contribution in [2.75, 3.05) is 36.8 Å². The molecule has 1 saturated heterocycles. The van der Waals surface area contributed by atoms with E-state index in [9.17, 15) is 14.4 Å². The zero-order valence-corrected chi connectivity index (χ0v) is 16.2. The number of nitrogens with zero attached hydrogens (tertiary/aromatic N) is 2. The van der Waals surface area contributed by atoms with E-state index >= 15 is 0 Å². The number of rotatable bonds is 6. The number of para-hydroxylation sites is 1. The summed E-state index contributed by atoms with van der Waals surface area (Å²) in [6.45, 7) is 1.46. The van der Waals surface area contributed by atoms with Crippen LogP contribution in [-0.2, 0) is 14.4 Å². The lowest BCUT2D eigenvalue weighted by molar-refractivity contribution is -0.135. The highest BCUT2D eigenvalue weighted by atomic mass is 32.2. The van der Waals surface area contributed by atoms with Crippen molar-refractivity contribution in [3.05, 3.63) is 24.3 Å². The van der Waals surface area contributed by atoms with Crippen molar-refractivity contribution >= 4 is 35.2 Å². The highest BCUT2D eigenvalue weighted by Crippen LogP contribution is 2.35. The van der Waals surface area contributed by atoms with Crippen LogP contribution in [0.5, 0.6) is 0 Å². The van der Waals surface area contributed by atoms with Gasteiger partial charge in [-0.2, -0.15) is 0 Å². The van der Waals surface area contributed by atoms with Crippen molar-refractivity contribution in [1.82, 2.24) is 10.2 Å². The number of amides is 3. The molecule has 1 unspecified atom stereocenters. The molecule has 27 heavy (non-hydrogen) atoms. The van der Waals surface area contributed by atoms with Gasteiger partial charge in [0.25, 0.3) is 0 Å². The lowest BCUT2D eigenvalue weighted by Gasteiger charge is -2.38. The van der Waals surface area contributed by atoms with Crippen LogP contribution in [0.1, 0.15) is 25.7 Å². The van der Waals surface area contributed by atoms with Crippen LogP contribution in [0.2, 0.25) is 0 Å². The third kappa shape index (κ3) is 4.81. The molecule has 0 bridgehead atoms. The second-order valence-electron chi connectivity index (χ2n) is 6.82. The minimum atomic E-state index is -0.0902. The molecule has 0 aliphatic carbocycles. The maximum atomic E-state index is 13.0. The van der Waals surface area contributed by atoms with Crippen LogP contribution in [-0.4, -0.2) is 60.6 Å². The van der Waals surface area contributed by atoms with Crippen LogP contribution in [0.4, 0.5) is 5.69 Å². The third-order valence-electron chi connectivity index (χ3n) is 4.96. The number of hydrogen-bond donors (Lipinski definition) is 2. The number of hydrogen-bond acceptors (Lipinski definition) is 5. The Balaban J connectivity index is 1.66. The summed E-state index contributed by atoms with van der Waals surface area (Å²) >= 11 is 1.51. The predicted molar refractivity (Wildman–Crippen MR) is 106 cm³/mol. The van der Waals surface area contributed by atoms with Gasteiger partial charge >= 0.3 is 0 Å². The molecule has 1 aromatic rings. The van der Waals surface area contributed by atoms with Gasteiger partial charge in [-0.25, -0.2) is 0 Å². The Kier molecular flexibility index (Phi) is 6.73. The van der Waals surface area contributed by atoms with Gasteiger partial charge in [-0.3, -0.25) is 14.4 Å².